The molecule has 1 aromatic rings. The summed E-state index contributed by atoms with van der Waals surface area (Å²) < 4.78 is 5.36. The van der Waals surface area contributed by atoms with E-state index in [4.69, 9.17) is 15.1 Å². The smallest absolute Gasteiger partial charge is 0.349 e. The minimum Gasteiger partial charge on any atom is -0.477 e. The van der Waals surface area contributed by atoms with Crippen LogP contribution in [0.3, 0.4) is 0 Å². The van der Waals surface area contributed by atoms with Gasteiger partial charge in [-0.15, -0.1) is 11.3 Å². The van der Waals surface area contributed by atoms with E-state index in [0.717, 1.165) is 11.3 Å². The highest BCUT2D eigenvalue weighted by Gasteiger charge is 2.18. The van der Waals surface area contributed by atoms with Crippen molar-refractivity contribution >= 4 is 17.3 Å². The van der Waals surface area contributed by atoms with Crippen molar-refractivity contribution < 1.29 is 14.6 Å². The number of rotatable bonds is 5. The fourth-order valence-corrected chi connectivity index (χ4v) is 2.06. The number of thiophene rings is 1. The number of aryl methyl sites for hydroxylation is 1. The second-order valence-electron chi connectivity index (χ2n) is 3.21. The molecule has 0 fully saturated rings. The van der Waals surface area contributed by atoms with Crippen molar-refractivity contribution in [3.05, 3.63) is 15.8 Å². The van der Waals surface area contributed by atoms with Gasteiger partial charge in [-0.05, 0) is 18.9 Å². The Balaban J connectivity index is 2.98. The Labute approximate surface area is 98.1 Å². The summed E-state index contributed by atoms with van der Waals surface area (Å²) in [7, 11) is 0. The molecule has 5 heteroatoms. The predicted octanol–water partition coefficient (Wildman–Crippen LogP) is 2.69. The molecule has 1 atom stereocenters. The average Bonchev–Trinajstić information content (AvgIpc) is 2.69. The summed E-state index contributed by atoms with van der Waals surface area (Å²) in [6, 6.07) is 3.69. The SMILES string of the molecule is CCc1cc(OC(C#N)CC)c(C(=O)O)s1. The highest BCUT2D eigenvalue weighted by Crippen LogP contribution is 2.30. The van der Waals surface area contributed by atoms with Crippen molar-refractivity contribution in [2.75, 3.05) is 0 Å². The summed E-state index contributed by atoms with van der Waals surface area (Å²) in [5, 5.41) is 17.7. The third-order valence-corrected chi connectivity index (χ3v) is 3.32. The largest absolute Gasteiger partial charge is 0.477 e. The normalized spacial score (nSPS) is 11.8. The van der Waals surface area contributed by atoms with Gasteiger partial charge in [0.2, 0.25) is 0 Å². The molecular weight excluding hydrogens is 226 g/mol. The van der Waals surface area contributed by atoms with Crippen LogP contribution >= 0.6 is 11.3 Å². The van der Waals surface area contributed by atoms with Crippen molar-refractivity contribution in [1.29, 1.82) is 5.26 Å². The van der Waals surface area contributed by atoms with Gasteiger partial charge in [0.15, 0.2) is 11.0 Å². The molecule has 0 spiro atoms. The molecule has 16 heavy (non-hydrogen) atoms. The lowest BCUT2D eigenvalue weighted by molar-refractivity contribution is 0.0696. The van der Waals surface area contributed by atoms with E-state index in [1.165, 1.54) is 11.3 Å². The van der Waals surface area contributed by atoms with Gasteiger partial charge in [0, 0.05) is 4.88 Å². The van der Waals surface area contributed by atoms with Crippen LogP contribution in [0.5, 0.6) is 5.75 Å². The summed E-state index contributed by atoms with van der Waals surface area (Å²) >= 11 is 1.20. The van der Waals surface area contributed by atoms with Crippen LogP contribution in [0.25, 0.3) is 0 Å². The Morgan fingerprint density at radius 1 is 1.69 bits per heavy atom. The molecule has 0 bridgehead atoms. The maximum Gasteiger partial charge on any atom is 0.349 e. The number of aromatic carboxylic acids is 1. The van der Waals surface area contributed by atoms with E-state index < -0.39 is 12.1 Å². The Morgan fingerprint density at radius 2 is 2.38 bits per heavy atom. The molecule has 0 radical (unpaired) electrons. The zero-order valence-electron chi connectivity index (χ0n) is 9.19. The molecular formula is C11H13NO3S. The molecule has 86 valence electrons. The van der Waals surface area contributed by atoms with E-state index in [2.05, 4.69) is 0 Å². The fraction of sp³-hybridized carbons (Fsp3) is 0.455. The van der Waals surface area contributed by atoms with Crippen LogP contribution in [0, 0.1) is 11.3 Å². The first-order valence-electron chi connectivity index (χ1n) is 5.04. The maximum atomic E-state index is 11.0. The number of carboxylic acids is 1. The van der Waals surface area contributed by atoms with Gasteiger partial charge in [-0.3, -0.25) is 0 Å². The summed E-state index contributed by atoms with van der Waals surface area (Å²) in [5.41, 5.74) is 0. The molecule has 1 rings (SSSR count). The zero-order valence-corrected chi connectivity index (χ0v) is 10.0. The molecule has 1 unspecified atom stereocenters. The number of hydrogen-bond donors (Lipinski definition) is 1. The molecule has 0 aliphatic heterocycles. The Morgan fingerprint density at radius 3 is 2.81 bits per heavy atom. The number of carboxylic acid groups (broad SMARTS) is 1. The molecule has 0 aromatic carbocycles. The van der Waals surface area contributed by atoms with Crippen LogP contribution in [0.1, 0.15) is 34.8 Å². The lowest BCUT2D eigenvalue weighted by Gasteiger charge is -2.08. The molecule has 0 aliphatic carbocycles. The van der Waals surface area contributed by atoms with Gasteiger partial charge in [-0.2, -0.15) is 5.26 Å². The first kappa shape index (κ1) is 12.5. The molecule has 0 saturated heterocycles. The summed E-state index contributed by atoms with van der Waals surface area (Å²) in [5.74, 6) is -0.699. The maximum absolute atomic E-state index is 11.0. The third kappa shape index (κ3) is 2.74. The third-order valence-electron chi connectivity index (χ3n) is 2.08. The van der Waals surface area contributed by atoms with Crippen LogP contribution < -0.4 is 4.74 Å². The van der Waals surface area contributed by atoms with Crippen LogP contribution in [0.4, 0.5) is 0 Å². The van der Waals surface area contributed by atoms with Crippen LogP contribution in [0.2, 0.25) is 0 Å². The Bertz CT molecular complexity index is 419. The molecule has 0 aliphatic rings. The van der Waals surface area contributed by atoms with Crippen LogP contribution in [0.15, 0.2) is 6.07 Å². The molecule has 1 heterocycles. The lowest BCUT2D eigenvalue weighted by Crippen LogP contribution is -2.13. The monoisotopic (exact) mass is 239 g/mol. The zero-order chi connectivity index (χ0) is 12.1. The van der Waals surface area contributed by atoms with Crippen molar-refractivity contribution in [2.24, 2.45) is 0 Å². The number of carbonyl (C=O) groups is 1. The number of hydrogen-bond acceptors (Lipinski definition) is 4. The van der Waals surface area contributed by atoms with E-state index in [9.17, 15) is 4.79 Å². The van der Waals surface area contributed by atoms with Crippen molar-refractivity contribution in [1.82, 2.24) is 0 Å². The van der Waals surface area contributed by atoms with E-state index in [0.29, 0.717) is 12.2 Å². The molecule has 0 amide bonds. The van der Waals surface area contributed by atoms with Gasteiger partial charge in [0.1, 0.15) is 11.8 Å². The number of nitrogens with zero attached hydrogens (tertiary/aromatic N) is 1. The van der Waals surface area contributed by atoms with E-state index in [1.807, 2.05) is 19.9 Å². The molecule has 4 nitrogen and oxygen atoms in total. The summed E-state index contributed by atoms with van der Waals surface area (Å²) in [4.78, 5) is 12.1. The summed E-state index contributed by atoms with van der Waals surface area (Å²) in [6.45, 7) is 3.77. The van der Waals surface area contributed by atoms with E-state index in [-0.39, 0.29) is 4.88 Å². The minimum absolute atomic E-state index is 0.172. The topological polar surface area (TPSA) is 70.3 Å². The van der Waals surface area contributed by atoms with E-state index in [1.54, 1.807) is 6.07 Å². The second-order valence-corrected chi connectivity index (χ2v) is 4.35. The number of nitriles is 1. The van der Waals surface area contributed by atoms with Crippen molar-refractivity contribution in [3.8, 4) is 11.8 Å². The van der Waals surface area contributed by atoms with Gasteiger partial charge in [0.05, 0.1) is 0 Å². The van der Waals surface area contributed by atoms with Crippen molar-refractivity contribution in [3.63, 3.8) is 0 Å². The molecule has 0 saturated carbocycles. The lowest BCUT2D eigenvalue weighted by atomic mass is 10.3. The quantitative estimate of drug-likeness (QED) is 0.857. The molecule has 1 aromatic heterocycles. The Hall–Kier alpha value is -1.54. The first-order chi connectivity index (χ1) is 7.62. The van der Waals surface area contributed by atoms with Gasteiger partial charge >= 0.3 is 5.97 Å². The fourth-order valence-electron chi connectivity index (χ4n) is 1.19. The highest BCUT2D eigenvalue weighted by molar-refractivity contribution is 7.14. The standard InChI is InChI=1S/C11H13NO3S/c1-3-7(6-12)15-9-5-8(4-2)16-10(9)11(13)14/h5,7H,3-4H2,1-2H3,(H,13,14). The first-order valence-corrected chi connectivity index (χ1v) is 5.86. The van der Waals surface area contributed by atoms with Crippen LogP contribution in [-0.2, 0) is 6.42 Å². The minimum atomic E-state index is -1.01. The van der Waals surface area contributed by atoms with Crippen LogP contribution in [-0.4, -0.2) is 17.2 Å². The second kappa shape index (κ2) is 5.52. The van der Waals surface area contributed by atoms with Gasteiger partial charge in [0.25, 0.3) is 0 Å². The van der Waals surface area contributed by atoms with Gasteiger partial charge < -0.3 is 9.84 Å². The summed E-state index contributed by atoms with van der Waals surface area (Å²) in [6.07, 6.45) is 0.710. The van der Waals surface area contributed by atoms with Gasteiger partial charge in [-0.1, -0.05) is 13.8 Å². The van der Waals surface area contributed by atoms with E-state index >= 15 is 0 Å². The average molecular weight is 239 g/mol. The van der Waals surface area contributed by atoms with Crippen molar-refractivity contribution in [2.45, 2.75) is 32.8 Å². The Kier molecular flexibility index (Phi) is 4.32. The number of ether oxygens (including phenoxy) is 1. The molecule has 1 N–H and O–H groups in total. The van der Waals surface area contributed by atoms with Gasteiger partial charge in [-0.25, -0.2) is 4.79 Å². The predicted molar refractivity (Wildman–Crippen MR) is 61.0 cm³/mol. The highest BCUT2D eigenvalue weighted by atomic mass is 32.1.